The summed E-state index contributed by atoms with van der Waals surface area (Å²) in [7, 11) is 0. The van der Waals surface area contributed by atoms with E-state index < -0.39 is 11.7 Å². The van der Waals surface area contributed by atoms with E-state index >= 15 is 0 Å². The van der Waals surface area contributed by atoms with Crippen molar-refractivity contribution in [3.05, 3.63) is 12.2 Å². The summed E-state index contributed by atoms with van der Waals surface area (Å²) in [4.78, 5) is 15.0. The third-order valence-electron chi connectivity index (χ3n) is 1.65. The van der Waals surface area contributed by atoms with Gasteiger partial charge in [-0.3, -0.25) is 0 Å². The summed E-state index contributed by atoms with van der Waals surface area (Å²) in [5, 5.41) is 14.9. The molecular weight excluding hydrogens is 222 g/mol. The first-order valence-electron chi connectivity index (χ1n) is 5.17. The van der Waals surface area contributed by atoms with E-state index in [2.05, 4.69) is 15.4 Å². The number of carbonyl (C=O) groups is 1. The topological polar surface area (TPSA) is 92.8 Å². The largest absolute Gasteiger partial charge is 0.444 e. The molecule has 1 rings (SSSR count). The molecule has 17 heavy (non-hydrogen) atoms. The number of rotatable bonds is 3. The molecule has 1 aromatic rings. The van der Waals surface area contributed by atoms with Crippen molar-refractivity contribution in [3.8, 4) is 6.07 Å². The minimum Gasteiger partial charge on any atom is -0.444 e. The van der Waals surface area contributed by atoms with Gasteiger partial charge >= 0.3 is 6.09 Å². The van der Waals surface area contributed by atoms with E-state index in [-0.39, 0.29) is 5.82 Å². The molecule has 1 N–H and O–H groups in total. The van der Waals surface area contributed by atoms with E-state index in [1.807, 2.05) is 6.07 Å². The van der Waals surface area contributed by atoms with E-state index in [1.54, 1.807) is 20.8 Å². The number of hydrogen-bond donors (Lipinski definition) is 1. The summed E-state index contributed by atoms with van der Waals surface area (Å²) in [5.41, 5.74) is -0.509. The van der Waals surface area contributed by atoms with Crippen molar-refractivity contribution >= 4 is 6.09 Å². The van der Waals surface area contributed by atoms with Gasteiger partial charge in [-0.05, 0) is 20.8 Å². The van der Waals surface area contributed by atoms with Crippen LogP contribution in [0.4, 0.5) is 4.79 Å². The number of alkyl carbamates (subject to hydrolysis) is 1. The van der Waals surface area contributed by atoms with Crippen LogP contribution in [0.25, 0.3) is 0 Å². The van der Waals surface area contributed by atoms with Gasteiger partial charge in [-0.25, -0.2) is 14.5 Å². The van der Waals surface area contributed by atoms with E-state index in [0.717, 1.165) is 0 Å². The Labute approximate surface area is 99.4 Å². The second-order valence-electron chi connectivity index (χ2n) is 4.37. The minimum atomic E-state index is -0.509. The molecule has 7 heteroatoms. The van der Waals surface area contributed by atoms with E-state index in [0.29, 0.717) is 13.1 Å². The second-order valence-corrected chi connectivity index (χ2v) is 4.37. The fourth-order valence-corrected chi connectivity index (χ4v) is 1.04. The van der Waals surface area contributed by atoms with Gasteiger partial charge in [0.1, 0.15) is 18.0 Å². The van der Waals surface area contributed by atoms with Crippen LogP contribution >= 0.6 is 0 Å². The first-order chi connectivity index (χ1) is 7.90. The lowest BCUT2D eigenvalue weighted by Crippen LogP contribution is -2.34. The van der Waals surface area contributed by atoms with Gasteiger partial charge in [0, 0.05) is 6.54 Å². The Kier molecular flexibility index (Phi) is 4.04. The molecule has 0 aromatic carbocycles. The molecule has 0 saturated heterocycles. The van der Waals surface area contributed by atoms with Crippen molar-refractivity contribution in [2.45, 2.75) is 32.9 Å². The van der Waals surface area contributed by atoms with Crippen LogP contribution in [0.1, 0.15) is 26.6 Å². The molecule has 0 aliphatic heterocycles. The molecule has 0 unspecified atom stereocenters. The lowest BCUT2D eigenvalue weighted by Gasteiger charge is -2.19. The number of aromatic nitrogens is 3. The maximum atomic E-state index is 11.3. The molecule has 0 radical (unpaired) electrons. The lowest BCUT2D eigenvalue weighted by atomic mass is 10.2. The minimum absolute atomic E-state index is 0.113. The van der Waals surface area contributed by atoms with Gasteiger partial charge in [0.15, 0.2) is 0 Å². The van der Waals surface area contributed by atoms with Crippen LogP contribution in [-0.4, -0.2) is 33.0 Å². The van der Waals surface area contributed by atoms with Crippen molar-refractivity contribution < 1.29 is 9.53 Å². The van der Waals surface area contributed by atoms with Gasteiger partial charge < -0.3 is 10.1 Å². The molecule has 7 nitrogen and oxygen atoms in total. The second kappa shape index (κ2) is 5.30. The maximum absolute atomic E-state index is 11.3. The number of nitriles is 1. The van der Waals surface area contributed by atoms with E-state index in [9.17, 15) is 4.79 Å². The highest BCUT2D eigenvalue weighted by atomic mass is 16.6. The monoisotopic (exact) mass is 237 g/mol. The zero-order valence-electron chi connectivity index (χ0n) is 10.1. The molecule has 0 aliphatic rings. The number of carbonyl (C=O) groups excluding carboxylic acids is 1. The summed E-state index contributed by atoms with van der Waals surface area (Å²) in [6.45, 7) is 6.19. The number of nitrogens with one attached hydrogen (secondary N) is 1. The summed E-state index contributed by atoms with van der Waals surface area (Å²) >= 11 is 0. The molecule has 0 aliphatic carbocycles. The van der Waals surface area contributed by atoms with Crippen LogP contribution in [-0.2, 0) is 11.3 Å². The molecule has 0 saturated carbocycles. The number of hydrogen-bond acceptors (Lipinski definition) is 5. The Morgan fingerprint density at radius 1 is 1.65 bits per heavy atom. The molecule has 0 fully saturated rings. The van der Waals surface area contributed by atoms with Gasteiger partial charge in [-0.1, -0.05) is 0 Å². The first-order valence-corrected chi connectivity index (χ1v) is 5.17. The predicted octanol–water partition coefficient (Wildman–Crippen LogP) is 0.674. The third kappa shape index (κ3) is 4.97. The predicted molar refractivity (Wildman–Crippen MR) is 59.0 cm³/mol. The van der Waals surface area contributed by atoms with Crippen LogP contribution in [0.15, 0.2) is 6.33 Å². The normalized spacial score (nSPS) is 10.7. The average molecular weight is 237 g/mol. The standard InChI is InChI=1S/C10H15N5O2/c1-10(2,3)17-9(16)12-4-5-15-7-13-8(6-11)14-15/h7H,4-5H2,1-3H3,(H,12,16). The van der Waals surface area contributed by atoms with Crippen LogP contribution in [0.2, 0.25) is 0 Å². The summed E-state index contributed by atoms with van der Waals surface area (Å²) < 4.78 is 6.54. The third-order valence-corrected chi connectivity index (χ3v) is 1.65. The fourth-order valence-electron chi connectivity index (χ4n) is 1.04. The van der Waals surface area contributed by atoms with Crippen LogP contribution < -0.4 is 5.32 Å². The first kappa shape index (κ1) is 13.0. The molecule has 0 atom stereocenters. The highest BCUT2D eigenvalue weighted by molar-refractivity contribution is 5.67. The Hall–Kier alpha value is -2.10. The Bertz CT molecular complexity index is 427. The smallest absolute Gasteiger partial charge is 0.407 e. The van der Waals surface area contributed by atoms with Gasteiger partial charge in [-0.15, -0.1) is 5.10 Å². The van der Waals surface area contributed by atoms with Crippen molar-refractivity contribution in [3.63, 3.8) is 0 Å². The Morgan fingerprint density at radius 2 is 2.35 bits per heavy atom. The van der Waals surface area contributed by atoms with Crippen LogP contribution in [0, 0.1) is 11.3 Å². The van der Waals surface area contributed by atoms with Crippen molar-refractivity contribution in [1.29, 1.82) is 5.26 Å². The maximum Gasteiger partial charge on any atom is 0.407 e. The van der Waals surface area contributed by atoms with Crippen molar-refractivity contribution in [2.75, 3.05) is 6.54 Å². The van der Waals surface area contributed by atoms with Gasteiger partial charge in [-0.2, -0.15) is 5.26 Å². The van der Waals surface area contributed by atoms with Crippen LogP contribution in [0.5, 0.6) is 0 Å². The number of ether oxygens (including phenoxy) is 1. The lowest BCUT2D eigenvalue weighted by molar-refractivity contribution is 0.0525. The van der Waals surface area contributed by atoms with Gasteiger partial charge in [0.05, 0.1) is 6.54 Å². The molecule has 92 valence electrons. The Morgan fingerprint density at radius 3 is 2.88 bits per heavy atom. The summed E-state index contributed by atoms with van der Waals surface area (Å²) in [5.74, 6) is 0.113. The van der Waals surface area contributed by atoms with E-state index in [1.165, 1.54) is 11.0 Å². The van der Waals surface area contributed by atoms with E-state index in [4.69, 9.17) is 10.00 Å². The molecule has 0 spiro atoms. The molecule has 1 amide bonds. The quantitative estimate of drug-likeness (QED) is 0.834. The van der Waals surface area contributed by atoms with Crippen LogP contribution in [0.3, 0.4) is 0 Å². The SMILES string of the molecule is CC(C)(C)OC(=O)NCCn1cnc(C#N)n1. The number of amides is 1. The van der Waals surface area contributed by atoms with Crippen molar-refractivity contribution in [1.82, 2.24) is 20.1 Å². The molecule has 1 heterocycles. The molecule has 1 aromatic heterocycles. The zero-order valence-corrected chi connectivity index (χ0v) is 10.1. The zero-order chi connectivity index (χ0) is 12.9. The summed E-state index contributed by atoms with van der Waals surface area (Å²) in [6.07, 6.45) is 0.966. The molecule has 0 bridgehead atoms. The van der Waals surface area contributed by atoms with Gasteiger partial charge in [0.2, 0.25) is 0 Å². The highest BCUT2D eigenvalue weighted by Gasteiger charge is 2.15. The number of nitrogens with zero attached hydrogens (tertiary/aromatic N) is 4. The van der Waals surface area contributed by atoms with Crippen molar-refractivity contribution in [2.24, 2.45) is 0 Å². The Balaban J connectivity index is 2.29. The fraction of sp³-hybridized carbons (Fsp3) is 0.600. The molecular formula is C10H15N5O2. The highest BCUT2D eigenvalue weighted by Crippen LogP contribution is 2.06. The average Bonchev–Trinajstić information content (AvgIpc) is 2.63. The van der Waals surface area contributed by atoms with Gasteiger partial charge in [0.25, 0.3) is 5.82 Å². The summed E-state index contributed by atoms with van der Waals surface area (Å²) in [6, 6.07) is 1.82.